The van der Waals surface area contributed by atoms with Gasteiger partial charge in [0.25, 0.3) is 5.56 Å². The van der Waals surface area contributed by atoms with E-state index in [1.807, 2.05) is 6.92 Å². The number of ether oxygens (including phenoxy) is 1. The summed E-state index contributed by atoms with van der Waals surface area (Å²) < 4.78 is 5.09. The van der Waals surface area contributed by atoms with Crippen molar-refractivity contribution in [2.75, 3.05) is 14.1 Å². The summed E-state index contributed by atoms with van der Waals surface area (Å²) in [7, 11) is 3.26. The van der Waals surface area contributed by atoms with Crippen LogP contribution in [-0.4, -0.2) is 47.3 Å². The maximum absolute atomic E-state index is 12.5. The lowest BCUT2D eigenvalue weighted by Gasteiger charge is -2.30. The van der Waals surface area contributed by atoms with Crippen LogP contribution >= 0.6 is 23.2 Å². The number of allylic oxidation sites excluding steroid dienone is 2. The third-order valence-corrected chi connectivity index (χ3v) is 5.11. The number of benzene rings is 1. The van der Waals surface area contributed by atoms with Crippen LogP contribution < -0.4 is 4.74 Å². The van der Waals surface area contributed by atoms with Crippen molar-refractivity contribution in [2.45, 2.75) is 25.3 Å². The fraction of sp³-hybridized carbons (Fsp3) is 0.421. The van der Waals surface area contributed by atoms with Crippen molar-refractivity contribution in [1.82, 2.24) is 4.90 Å². The largest absolute Gasteiger partial charge is 0.478 e. The fourth-order valence-electron chi connectivity index (χ4n) is 3.09. The van der Waals surface area contributed by atoms with Crippen molar-refractivity contribution in [3.8, 4) is 5.75 Å². The Labute approximate surface area is 167 Å². The summed E-state index contributed by atoms with van der Waals surface area (Å²) in [4.78, 5) is 37.0. The second kappa shape index (κ2) is 8.76. The third kappa shape index (κ3) is 4.82. The van der Waals surface area contributed by atoms with E-state index in [0.717, 1.165) is 12.0 Å². The van der Waals surface area contributed by atoms with Crippen LogP contribution in [0.3, 0.4) is 0 Å². The van der Waals surface area contributed by atoms with Crippen molar-refractivity contribution in [1.29, 1.82) is 0 Å². The number of amides is 1. The molecule has 0 fully saturated rings. The van der Waals surface area contributed by atoms with Crippen LogP contribution in [0.2, 0.25) is 5.02 Å². The van der Waals surface area contributed by atoms with E-state index in [1.165, 1.54) is 17.0 Å². The summed E-state index contributed by atoms with van der Waals surface area (Å²) >= 11 is 11.9. The summed E-state index contributed by atoms with van der Waals surface area (Å²) in [6, 6.07) is 4.68. The summed E-state index contributed by atoms with van der Waals surface area (Å²) in [5, 5.41) is 9.12. The van der Waals surface area contributed by atoms with E-state index in [4.69, 9.17) is 33.0 Å². The molecule has 1 amide bonds. The smallest absolute Gasteiger partial charge is 0.360 e. The predicted octanol–water partition coefficient (Wildman–Crippen LogP) is 3.46. The zero-order chi connectivity index (χ0) is 20.3. The molecule has 1 aromatic carbocycles. The van der Waals surface area contributed by atoms with Crippen LogP contribution in [0, 0.1) is 11.8 Å². The Morgan fingerprint density at radius 1 is 1.37 bits per heavy atom. The maximum Gasteiger partial charge on any atom is 0.360 e. The van der Waals surface area contributed by atoms with Crippen LogP contribution in [0.15, 0.2) is 24.3 Å². The van der Waals surface area contributed by atoms with Gasteiger partial charge in [-0.2, -0.15) is 0 Å². The van der Waals surface area contributed by atoms with Crippen LogP contribution in [0.25, 0.3) is 5.57 Å². The number of aliphatic carboxylic acids is 1. The monoisotopic (exact) mass is 413 g/mol. The van der Waals surface area contributed by atoms with Gasteiger partial charge in [0.2, 0.25) is 5.91 Å². The highest BCUT2D eigenvalue weighted by Gasteiger charge is 2.35. The molecule has 0 radical (unpaired) electrons. The summed E-state index contributed by atoms with van der Waals surface area (Å²) in [5.41, 5.74) is -0.104. The van der Waals surface area contributed by atoms with Gasteiger partial charge >= 0.3 is 5.97 Å². The van der Waals surface area contributed by atoms with Gasteiger partial charge in [0, 0.05) is 14.1 Å². The van der Waals surface area contributed by atoms with Crippen LogP contribution in [0.4, 0.5) is 0 Å². The number of rotatable bonds is 6. The molecule has 27 heavy (non-hydrogen) atoms. The number of ketones is 1. The molecule has 6 nitrogen and oxygen atoms in total. The number of carbonyl (C=O) groups excluding carboxylic acids is 2. The quantitative estimate of drug-likeness (QED) is 0.570. The first-order valence-electron chi connectivity index (χ1n) is 8.45. The molecule has 0 saturated carbocycles. The highest BCUT2D eigenvalue weighted by molar-refractivity contribution is 6.33. The van der Waals surface area contributed by atoms with Crippen molar-refractivity contribution in [3.63, 3.8) is 0 Å². The van der Waals surface area contributed by atoms with Crippen LogP contribution in [-0.2, 0) is 14.4 Å². The molecule has 3 unspecified atom stereocenters. The van der Waals surface area contributed by atoms with E-state index in [1.54, 1.807) is 26.2 Å². The molecule has 0 heterocycles. The molecule has 0 saturated heterocycles. The first kappa shape index (κ1) is 21.3. The number of alkyl halides is 1. The Bertz CT molecular complexity index is 790. The molecular weight excluding hydrogens is 393 g/mol. The van der Waals surface area contributed by atoms with E-state index >= 15 is 0 Å². The zero-order valence-corrected chi connectivity index (χ0v) is 16.8. The Morgan fingerprint density at radius 3 is 2.56 bits per heavy atom. The standard InChI is InChI=1S/C19H21Cl2NO5/c1-4-10-7-14(18(24)22(2)3)16(23)9-13(10)12-6-5-11(8-15(12)20)27-17(21)19(25)26/h5-6,8-10,14,17H,4,7H2,1-3H3,(H,25,26). The molecule has 1 aliphatic carbocycles. The molecule has 0 aromatic heterocycles. The third-order valence-electron chi connectivity index (χ3n) is 4.52. The van der Waals surface area contributed by atoms with Crippen molar-refractivity contribution in [3.05, 3.63) is 34.9 Å². The zero-order valence-electron chi connectivity index (χ0n) is 15.2. The van der Waals surface area contributed by atoms with Gasteiger partial charge in [-0.15, -0.1) is 0 Å². The summed E-state index contributed by atoms with van der Waals surface area (Å²) in [6.45, 7) is 1.99. The molecule has 0 aliphatic heterocycles. The fourth-order valence-corrected chi connectivity index (χ4v) is 3.47. The number of carboxylic acids is 1. The van der Waals surface area contributed by atoms with Crippen LogP contribution in [0.5, 0.6) is 5.75 Å². The Hall–Kier alpha value is -2.05. The number of halogens is 2. The molecule has 1 aromatic rings. The second-order valence-electron chi connectivity index (χ2n) is 6.54. The molecule has 146 valence electrons. The Balaban J connectivity index is 2.33. The van der Waals surface area contributed by atoms with Gasteiger partial charge in [-0.3, -0.25) is 9.59 Å². The molecule has 2 rings (SSSR count). The molecule has 1 N–H and O–H groups in total. The molecule has 3 atom stereocenters. The van der Waals surface area contributed by atoms with Crippen molar-refractivity contribution >= 4 is 46.4 Å². The van der Waals surface area contributed by atoms with Gasteiger partial charge in [-0.25, -0.2) is 4.79 Å². The minimum absolute atomic E-state index is 0.000614. The van der Waals surface area contributed by atoms with Gasteiger partial charge in [0.05, 0.1) is 5.02 Å². The SMILES string of the molecule is CCC1CC(C(=O)N(C)C)C(=O)C=C1c1ccc(OC(Cl)C(=O)O)cc1Cl. The number of nitrogens with zero attached hydrogens (tertiary/aromatic N) is 1. The van der Waals surface area contributed by atoms with Gasteiger partial charge in [0.15, 0.2) is 5.78 Å². The lowest BCUT2D eigenvalue weighted by atomic mass is 9.76. The second-order valence-corrected chi connectivity index (χ2v) is 7.35. The normalized spacial score (nSPS) is 20.6. The van der Waals surface area contributed by atoms with E-state index in [2.05, 4.69) is 0 Å². The minimum atomic E-state index is -1.52. The number of carbonyl (C=O) groups is 3. The number of hydrogen-bond acceptors (Lipinski definition) is 4. The highest BCUT2D eigenvalue weighted by Crippen LogP contribution is 2.40. The Kier molecular flexibility index (Phi) is 6.89. The first-order valence-corrected chi connectivity index (χ1v) is 9.27. The molecule has 0 spiro atoms. The minimum Gasteiger partial charge on any atom is -0.478 e. The topological polar surface area (TPSA) is 83.9 Å². The highest BCUT2D eigenvalue weighted by atomic mass is 35.5. The van der Waals surface area contributed by atoms with E-state index in [9.17, 15) is 14.4 Å². The van der Waals surface area contributed by atoms with Crippen LogP contribution in [0.1, 0.15) is 25.3 Å². The number of carboxylic acid groups (broad SMARTS) is 1. The lowest BCUT2D eigenvalue weighted by molar-refractivity contribution is -0.141. The van der Waals surface area contributed by atoms with E-state index in [0.29, 0.717) is 17.0 Å². The maximum atomic E-state index is 12.5. The molecule has 8 heteroatoms. The molecule has 1 aliphatic rings. The lowest BCUT2D eigenvalue weighted by Crippen LogP contribution is -2.37. The van der Waals surface area contributed by atoms with E-state index in [-0.39, 0.29) is 23.4 Å². The van der Waals surface area contributed by atoms with Crippen molar-refractivity contribution < 1.29 is 24.2 Å². The van der Waals surface area contributed by atoms with Gasteiger partial charge in [0.1, 0.15) is 11.7 Å². The van der Waals surface area contributed by atoms with Gasteiger partial charge < -0.3 is 14.7 Å². The summed E-state index contributed by atoms with van der Waals surface area (Å²) in [6.07, 6.45) is 2.66. The Morgan fingerprint density at radius 2 is 2.04 bits per heavy atom. The van der Waals surface area contributed by atoms with Gasteiger partial charge in [-0.1, -0.05) is 30.1 Å². The molecule has 0 bridgehead atoms. The first-order chi connectivity index (χ1) is 12.6. The molecular formula is C19H21Cl2NO5. The summed E-state index contributed by atoms with van der Waals surface area (Å²) in [5.74, 6) is -2.21. The average molecular weight is 414 g/mol. The van der Waals surface area contributed by atoms with Gasteiger partial charge in [-0.05, 0) is 54.2 Å². The van der Waals surface area contributed by atoms with E-state index < -0.39 is 17.5 Å². The predicted molar refractivity (Wildman–Crippen MR) is 103 cm³/mol. The average Bonchev–Trinajstić information content (AvgIpc) is 2.60. The number of hydrogen-bond donors (Lipinski definition) is 1. The van der Waals surface area contributed by atoms with Crippen molar-refractivity contribution in [2.24, 2.45) is 11.8 Å².